The van der Waals surface area contributed by atoms with E-state index in [1.54, 1.807) is 0 Å². The summed E-state index contributed by atoms with van der Waals surface area (Å²) in [6.45, 7) is 8.07. The standard InChI is InChI=1S/C14H20N4O/c1-5-8(2)12(15)14-17-13(18-19-14)11-6-9(3)16-10(4)7-11/h6-8,12H,5,15H2,1-4H3/t8-,12-/m0/s1. The average Bonchev–Trinajstić information content (AvgIpc) is 2.85. The van der Waals surface area contributed by atoms with Crippen molar-refractivity contribution in [3.8, 4) is 11.4 Å². The lowest BCUT2D eigenvalue weighted by atomic mass is 10.0. The van der Waals surface area contributed by atoms with Crippen LogP contribution in [-0.2, 0) is 0 Å². The quantitative estimate of drug-likeness (QED) is 0.914. The van der Waals surface area contributed by atoms with Gasteiger partial charge in [-0.05, 0) is 31.9 Å². The SMILES string of the molecule is CC[C@H](C)[C@H](N)c1nc(-c2cc(C)nc(C)c2)no1. The fourth-order valence-corrected chi connectivity index (χ4v) is 1.95. The topological polar surface area (TPSA) is 77.8 Å². The van der Waals surface area contributed by atoms with E-state index in [2.05, 4.69) is 29.0 Å². The van der Waals surface area contributed by atoms with E-state index in [-0.39, 0.29) is 6.04 Å². The van der Waals surface area contributed by atoms with Gasteiger partial charge in [0.25, 0.3) is 0 Å². The molecule has 0 unspecified atom stereocenters. The van der Waals surface area contributed by atoms with Gasteiger partial charge in [0.1, 0.15) is 0 Å². The zero-order valence-corrected chi connectivity index (χ0v) is 11.8. The summed E-state index contributed by atoms with van der Waals surface area (Å²) in [5.74, 6) is 1.38. The Labute approximate surface area is 113 Å². The minimum atomic E-state index is -0.213. The molecule has 2 heterocycles. The minimum Gasteiger partial charge on any atom is -0.337 e. The van der Waals surface area contributed by atoms with Crippen LogP contribution in [-0.4, -0.2) is 15.1 Å². The van der Waals surface area contributed by atoms with Crippen LogP contribution in [0.1, 0.15) is 43.6 Å². The van der Waals surface area contributed by atoms with Gasteiger partial charge in [-0.3, -0.25) is 4.98 Å². The van der Waals surface area contributed by atoms with Gasteiger partial charge < -0.3 is 10.3 Å². The Balaban J connectivity index is 2.30. The van der Waals surface area contributed by atoms with Gasteiger partial charge >= 0.3 is 0 Å². The number of aromatic nitrogens is 3. The molecule has 0 radical (unpaired) electrons. The third-order valence-corrected chi connectivity index (χ3v) is 3.32. The van der Waals surface area contributed by atoms with Crippen LogP contribution < -0.4 is 5.73 Å². The highest BCUT2D eigenvalue weighted by atomic mass is 16.5. The van der Waals surface area contributed by atoms with Crippen LogP contribution in [0.4, 0.5) is 0 Å². The van der Waals surface area contributed by atoms with Crippen LogP contribution in [0, 0.1) is 19.8 Å². The fraction of sp³-hybridized carbons (Fsp3) is 0.500. The van der Waals surface area contributed by atoms with E-state index in [0.717, 1.165) is 23.4 Å². The number of aryl methyl sites for hydroxylation is 2. The van der Waals surface area contributed by atoms with Gasteiger partial charge in [0.2, 0.25) is 11.7 Å². The summed E-state index contributed by atoms with van der Waals surface area (Å²) in [6.07, 6.45) is 0.979. The first-order valence-electron chi connectivity index (χ1n) is 6.56. The molecule has 2 atom stereocenters. The van der Waals surface area contributed by atoms with E-state index in [0.29, 0.717) is 17.6 Å². The molecule has 102 valence electrons. The summed E-state index contributed by atoms with van der Waals surface area (Å²) < 4.78 is 5.28. The molecule has 2 rings (SSSR count). The summed E-state index contributed by atoms with van der Waals surface area (Å²) in [6, 6.07) is 3.67. The molecule has 0 aliphatic rings. The molecule has 19 heavy (non-hydrogen) atoms. The molecule has 0 aromatic carbocycles. The summed E-state index contributed by atoms with van der Waals surface area (Å²) in [7, 11) is 0. The molecule has 5 nitrogen and oxygen atoms in total. The number of nitrogens with zero attached hydrogens (tertiary/aromatic N) is 3. The highest BCUT2D eigenvalue weighted by Crippen LogP contribution is 2.23. The largest absolute Gasteiger partial charge is 0.337 e. The number of nitrogens with two attached hydrogens (primary N) is 1. The first kappa shape index (κ1) is 13.7. The monoisotopic (exact) mass is 260 g/mol. The molecular formula is C14H20N4O. The summed E-state index contributed by atoms with van der Waals surface area (Å²) in [4.78, 5) is 8.73. The Bertz CT molecular complexity index is 544. The maximum atomic E-state index is 6.09. The molecule has 2 aromatic heterocycles. The van der Waals surface area contributed by atoms with Crippen molar-refractivity contribution in [3.63, 3.8) is 0 Å². The van der Waals surface area contributed by atoms with Gasteiger partial charge in [0, 0.05) is 17.0 Å². The molecule has 5 heteroatoms. The third-order valence-electron chi connectivity index (χ3n) is 3.32. The van der Waals surface area contributed by atoms with Crippen molar-refractivity contribution in [2.45, 2.75) is 40.2 Å². The lowest BCUT2D eigenvalue weighted by Crippen LogP contribution is -2.18. The highest BCUT2D eigenvalue weighted by molar-refractivity contribution is 5.55. The molecule has 0 fully saturated rings. The third kappa shape index (κ3) is 2.98. The Hall–Kier alpha value is -1.75. The maximum absolute atomic E-state index is 6.09. The maximum Gasteiger partial charge on any atom is 0.244 e. The second kappa shape index (κ2) is 5.48. The highest BCUT2D eigenvalue weighted by Gasteiger charge is 2.20. The molecular weight excluding hydrogens is 240 g/mol. The molecule has 0 saturated heterocycles. The molecule has 0 aliphatic heterocycles. The van der Waals surface area contributed by atoms with Crippen molar-refractivity contribution >= 4 is 0 Å². The predicted molar refractivity (Wildman–Crippen MR) is 73.4 cm³/mol. The molecule has 2 N–H and O–H groups in total. The van der Waals surface area contributed by atoms with E-state index in [4.69, 9.17) is 10.3 Å². The van der Waals surface area contributed by atoms with Gasteiger partial charge in [0.05, 0.1) is 6.04 Å². The number of rotatable bonds is 4. The van der Waals surface area contributed by atoms with E-state index in [9.17, 15) is 0 Å². The van der Waals surface area contributed by atoms with Crippen molar-refractivity contribution in [2.75, 3.05) is 0 Å². The van der Waals surface area contributed by atoms with Gasteiger partial charge in [-0.2, -0.15) is 4.98 Å². The van der Waals surface area contributed by atoms with Crippen LogP contribution in [0.15, 0.2) is 16.7 Å². The molecule has 2 aromatic rings. The first-order chi connectivity index (χ1) is 9.01. The molecule has 0 saturated carbocycles. The number of pyridine rings is 1. The lowest BCUT2D eigenvalue weighted by molar-refractivity contribution is 0.312. The van der Waals surface area contributed by atoms with E-state index >= 15 is 0 Å². The summed E-state index contributed by atoms with van der Waals surface area (Å²) in [5.41, 5.74) is 8.88. The Morgan fingerprint density at radius 2 is 1.84 bits per heavy atom. The van der Waals surface area contributed by atoms with Crippen molar-refractivity contribution in [1.29, 1.82) is 0 Å². The predicted octanol–water partition coefficient (Wildman–Crippen LogP) is 2.79. The first-order valence-corrected chi connectivity index (χ1v) is 6.56. The van der Waals surface area contributed by atoms with Crippen LogP contribution in [0.5, 0.6) is 0 Å². The van der Waals surface area contributed by atoms with Crippen LogP contribution in [0.3, 0.4) is 0 Å². The normalized spacial score (nSPS) is 14.4. The van der Waals surface area contributed by atoms with Crippen LogP contribution >= 0.6 is 0 Å². The average molecular weight is 260 g/mol. The van der Waals surface area contributed by atoms with Crippen molar-refractivity contribution < 1.29 is 4.52 Å². The molecule has 0 bridgehead atoms. The Morgan fingerprint density at radius 3 is 2.42 bits per heavy atom. The zero-order chi connectivity index (χ0) is 14.0. The Kier molecular flexibility index (Phi) is 3.95. The van der Waals surface area contributed by atoms with Gasteiger partial charge in [-0.15, -0.1) is 0 Å². The second-order valence-corrected chi connectivity index (χ2v) is 5.01. The lowest BCUT2D eigenvalue weighted by Gasteiger charge is -2.12. The molecule has 0 aliphatic carbocycles. The van der Waals surface area contributed by atoms with E-state index in [1.165, 1.54) is 0 Å². The van der Waals surface area contributed by atoms with E-state index < -0.39 is 0 Å². The van der Waals surface area contributed by atoms with Gasteiger partial charge in [-0.1, -0.05) is 25.4 Å². The minimum absolute atomic E-state index is 0.213. The van der Waals surface area contributed by atoms with Crippen molar-refractivity contribution in [2.24, 2.45) is 11.7 Å². The Morgan fingerprint density at radius 1 is 1.21 bits per heavy atom. The van der Waals surface area contributed by atoms with Crippen LogP contribution in [0.25, 0.3) is 11.4 Å². The van der Waals surface area contributed by atoms with Gasteiger partial charge in [0.15, 0.2) is 0 Å². The smallest absolute Gasteiger partial charge is 0.244 e. The van der Waals surface area contributed by atoms with Crippen LogP contribution in [0.2, 0.25) is 0 Å². The number of hydrogen-bond donors (Lipinski definition) is 1. The fourth-order valence-electron chi connectivity index (χ4n) is 1.95. The summed E-state index contributed by atoms with van der Waals surface area (Å²) >= 11 is 0. The van der Waals surface area contributed by atoms with Crippen molar-refractivity contribution in [3.05, 3.63) is 29.4 Å². The van der Waals surface area contributed by atoms with Gasteiger partial charge in [-0.25, -0.2) is 0 Å². The summed E-state index contributed by atoms with van der Waals surface area (Å²) in [5, 5.41) is 4.01. The van der Waals surface area contributed by atoms with Crippen molar-refractivity contribution in [1.82, 2.24) is 15.1 Å². The second-order valence-electron chi connectivity index (χ2n) is 5.01. The molecule has 0 amide bonds. The number of hydrogen-bond acceptors (Lipinski definition) is 5. The molecule has 0 spiro atoms. The van der Waals surface area contributed by atoms with E-state index in [1.807, 2.05) is 26.0 Å². The zero-order valence-electron chi connectivity index (χ0n) is 11.8.